The van der Waals surface area contributed by atoms with Gasteiger partial charge in [0.15, 0.2) is 0 Å². The predicted molar refractivity (Wildman–Crippen MR) is 86.5 cm³/mol. The van der Waals surface area contributed by atoms with Crippen molar-refractivity contribution in [2.75, 3.05) is 5.01 Å². The van der Waals surface area contributed by atoms with Gasteiger partial charge in [0.2, 0.25) is 0 Å². The topological polar surface area (TPSA) is 49.4 Å². The fraction of sp³-hybridized carbons (Fsp3) is 0. The predicted octanol–water partition coefficient (Wildman–Crippen LogP) is 3.45. The highest BCUT2D eigenvalue weighted by Crippen LogP contribution is 2.28. The van der Waals surface area contributed by atoms with Gasteiger partial charge in [-0.2, -0.15) is 0 Å². The molecule has 1 aliphatic rings. The van der Waals surface area contributed by atoms with Crippen LogP contribution < -0.4 is 10.4 Å². The van der Waals surface area contributed by atoms with Crippen LogP contribution in [0.15, 0.2) is 54.1 Å². The first-order chi connectivity index (χ1) is 10.6. The number of carbonyl (C=O) groups excluding carboxylic acids is 2. The number of para-hydroxylation sites is 1. The first-order valence-corrected chi connectivity index (χ1v) is 7.20. The standard InChI is InChI=1S/C16H10Cl2N2O2/c17-13-8-4-5-10(14(13)18)9-12-15(21)19-20(16(12)22)11-6-2-1-3-7-11/h1-9H,(H,19,21). The molecule has 1 N–H and O–H groups in total. The second-order valence-corrected chi connectivity index (χ2v) is 5.40. The third kappa shape index (κ3) is 2.58. The van der Waals surface area contributed by atoms with Crippen LogP contribution in [-0.2, 0) is 9.59 Å². The number of hydrogen-bond acceptors (Lipinski definition) is 2. The van der Waals surface area contributed by atoms with Crippen molar-refractivity contribution < 1.29 is 9.59 Å². The summed E-state index contributed by atoms with van der Waals surface area (Å²) in [4.78, 5) is 24.5. The molecule has 6 heteroatoms. The number of amides is 2. The Balaban J connectivity index is 1.99. The molecule has 0 bridgehead atoms. The van der Waals surface area contributed by atoms with E-state index >= 15 is 0 Å². The van der Waals surface area contributed by atoms with Gasteiger partial charge in [-0.05, 0) is 29.8 Å². The van der Waals surface area contributed by atoms with Crippen LogP contribution in [0.5, 0.6) is 0 Å². The Kier molecular flexibility index (Phi) is 3.88. The smallest absolute Gasteiger partial charge is 0.267 e. The van der Waals surface area contributed by atoms with Crippen LogP contribution in [0.3, 0.4) is 0 Å². The number of nitrogens with one attached hydrogen (secondary N) is 1. The molecule has 2 amide bonds. The first kappa shape index (κ1) is 14.6. The fourth-order valence-corrected chi connectivity index (χ4v) is 2.47. The monoisotopic (exact) mass is 332 g/mol. The molecule has 4 nitrogen and oxygen atoms in total. The van der Waals surface area contributed by atoms with E-state index in [1.54, 1.807) is 42.5 Å². The Labute approximate surface area is 136 Å². The lowest BCUT2D eigenvalue weighted by atomic mass is 10.1. The van der Waals surface area contributed by atoms with Crippen LogP contribution in [0.1, 0.15) is 5.56 Å². The second kappa shape index (κ2) is 5.83. The summed E-state index contributed by atoms with van der Waals surface area (Å²) in [6, 6.07) is 13.9. The van der Waals surface area contributed by atoms with E-state index in [1.165, 1.54) is 11.1 Å². The van der Waals surface area contributed by atoms with Crippen molar-refractivity contribution in [1.82, 2.24) is 5.43 Å². The third-order valence-electron chi connectivity index (χ3n) is 3.19. The normalized spacial score (nSPS) is 16.3. The summed E-state index contributed by atoms with van der Waals surface area (Å²) in [5, 5.41) is 1.87. The summed E-state index contributed by atoms with van der Waals surface area (Å²) in [7, 11) is 0. The Morgan fingerprint density at radius 3 is 2.41 bits per heavy atom. The lowest BCUT2D eigenvalue weighted by Gasteiger charge is -2.13. The maximum absolute atomic E-state index is 12.4. The molecule has 22 heavy (non-hydrogen) atoms. The summed E-state index contributed by atoms with van der Waals surface area (Å²) in [5.41, 5.74) is 3.63. The third-order valence-corrected chi connectivity index (χ3v) is 4.02. The summed E-state index contributed by atoms with van der Waals surface area (Å²) in [5.74, 6) is -0.919. The highest BCUT2D eigenvalue weighted by Gasteiger charge is 2.34. The molecule has 0 unspecified atom stereocenters. The average molecular weight is 333 g/mol. The Hall–Kier alpha value is -2.30. The lowest BCUT2D eigenvalue weighted by Crippen LogP contribution is -2.35. The summed E-state index contributed by atoms with van der Waals surface area (Å²) < 4.78 is 0. The quantitative estimate of drug-likeness (QED) is 0.676. The fourth-order valence-electron chi connectivity index (χ4n) is 2.10. The van der Waals surface area contributed by atoms with E-state index in [2.05, 4.69) is 5.43 Å². The zero-order valence-electron chi connectivity index (χ0n) is 11.2. The molecule has 0 saturated carbocycles. The van der Waals surface area contributed by atoms with Crippen LogP contribution in [-0.4, -0.2) is 11.8 Å². The number of rotatable bonds is 2. The highest BCUT2D eigenvalue weighted by atomic mass is 35.5. The van der Waals surface area contributed by atoms with Crippen molar-refractivity contribution in [2.24, 2.45) is 0 Å². The Morgan fingerprint density at radius 1 is 0.955 bits per heavy atom. The molecule has 3 rings (SSSR count). The minimum absolute atomic E-state index is 0.00743. The van der Waals surface area contributed by atoms with Gasteiger partial charge in [0.05, 0.1) is 15.7 Å². The molecule has 0 aromatic heterocycles. The molecule has 1 aliphatic heterocycles. The minimum Gasteiger partial charge on any atom is -0.267 e. The van der Waals surface area contributed by atoms with Crippen LogP contribution in [0.2, 0.25) is 10.0 Å². The number of nitrogens with zero attached hydrogens (tertiary/aromatic N) is 1. The molecule has 0 atom stereocenters. The van der Waals surface area contributed by atoms with E-state index in [0.717, 1.165) is 0 Å². The van der Waals surface area contributed by atoms with Crippen molar-refractivity contribution in [3.05, 3.63) is 69.7 Å². The van der Waals surface area contributed by atoms with Crippen molar-refractivity contribution in [3.8, 4) is 0 Å². The number of hydrazine groups is 1. The molecule has 2 aromatic rings. The number of halogens is 2. The van der Waals surface area contributed by atoms with Gasteiger partial charge in [-0.15, -0.1) is 0 Å². The molecular formula is C16H10Cl2N2O2. The van der Waals surface area contributed by atoms with Crippen molar-refractivity contribution in [3.63, 3.8) is 0 Å². The number of benzene rings is 2. The maximum Gasteiger partial charge on any atom is 0.282 e. The van der Waals surface area contributed by atoms with Crippen LogP contribution in [0, 0.1) is 0 Å². The van der Waals surface area contributed by atoms with E-state index in [4.69, 9.17) is 23.2 Å². The molecule has 1 fully saturated rings. The molecule has 2 aromatic carbocycles. The van der Waals surface area contributed by atoms with Gasteiger partial charge < -0.3 is 0 Å². The van der Waals surface area contributed by atoms with Gasteiger partial charge in [-0.1, -0.05) is 53.5 Å². The summed E-state index contributed by atoms with van der Waals surface area (Å²) in [6.45, 7) is 0. The molecule has 110 valence electrons. The highest BCUT2D eigenvalue weighted by molar-refractivity contribution is 6.43. The zero-order valence-corrected chi connectivity index (χ0v) is 12.7. The molecule has 0 spiro atoms. The Morgan fingerprint density at radius 2 is 1.68 bits per heavy atom. The molecule has 1 heterocycles. The number of carbonyl (C=O) groups is 2. The maximum atomic E-state index is 12.4. The SMILES string of the molecule is O=C1NN(c2ccccc2)C(=O)C1=Cc1cccc(Cl)c1Cl. The van der Waals surface area contributed by atoms with Gasteiger partial charge in [0, 0.05) is 0 Å². The van der Waals surface area contributed by atoms with Crippen LogP contribution in [0.4, 0.5) is 5.69 Å². The van der Waals surface area contributed by atoms with Gasteiger partial charge >= 0.3 is 0 Å². The van der Waals surface area contributed by atoms with Crippen LogP contribution in [0.25, 0.3) is 6.08 Å². The molecule has 0 aliphatic carbocycles. The van der Waals surface area contributed by atoms with Gasteiger partial charge in [-0.3, -0.25) is 15.0 Å². The van der Waals surface area contributed by atoms with E-state index in [1.807, 2.05) is 6.07 Å². The Bertz CT molecular complexity index is 788. The zero-order chi connectivity index (χ0) is 15.7. The van der Waals surface area contributed by atoms with E-state index < -0.39 is 11.8 Å². The second-order valence-electron chi connectivity index (χ2n) is 4.62. The van der Waals surface area contributed by atoms with Gasteiger partial charge in [-0.25, -0.2) is 5.01 Å². The van der Waals surface area contributed by atoms with Gasteiger partial charge in [0.25, 0.3) is 11.8 Å². The van der Waals surface area contributed by atoms with Crippen LogP contribution >= 0.6 is 23.2 Å². The van der Waals surface area contributed by atoms with E-state index in [9.17, 15) is 9.59 Å². The van der Waals surface area contributed by atoms with Gasteiger partial charge in [0.1, 0.15) is 5.57 Å². The van der Waals surface area contributed by atoms with Crippen molar-refractivity contribution in [1.29, 1.82) is 0 Å². The molecular weight excluding hydrogens is 323 g/mol. The largest absolute Gasteiger partial charge is 0.282 e. The summed E-state index contributed by atoms with van der Waals surface area (Å²) in [6.07, 6.45) is 1.44. The van der Waals surface area contributed by atoms with E-state index in [0.29, 0.717) is 21.3 Å². The number of hydrogen-bond donors (Lipinski definition) is 1. The summed E-state index contributed by atoms with van der Waals surface area (Å²) >= 11 is 12.0. The number of anilines is 1. The lowest BCUT2D eigenvalue weighted by molar-refractivity contribution is -0.117. The first-order valence-electron chi connectivity index (χ1n) is 6.44. The molecule has 1 saturated heterocycles. The van der Waals surface area contributed by atoms with Crippen molar-refractivity contribution in [2.45, 2.75) is 0 Å². The average Bonchev–Trinajstić information content (AvgIpc) is 2.80. The minimum atomic E-state index is -0.482. The van der Waals surface area contributed by atoms with Crippen molar-refractivity contribution >= 4 is 46.8 Å². The van der Waals surface area contributed by atoms with E-state index in [-0.39, 0.29) is 5.57 Å². The molecule has 0 radical (unpaired) electrons.